The quantitative estimate of drug-likeness (QED) is 0.765. The minimum Gasteiger partial charge on any atom is -0.466 e. The van der Waals surface area contributed by atoms with Crippen molar-refractivity contribution < 1.29 is 13.9 Å². The smallest absolute Gasteiger partial charge is 0.306 e. The van der Waals surface area contributed by atoms with Crippen LogP contribution in [-0.2, 0) is 9.53 Å². The highest BCUT2D eigenvalue weighted by Crippen LogP contribution is 2.39. The molecule has 0 aliphatic heterocycles. The Kier molecular flexibility index (Phi) is 5.16. The Morgan fingerprint density at radius 3 is 2.60 bits per heavy atom. The minimum atomic E-state index is -0.0991. The lowest BCUT2D eigenvalue weighted by atomic mass is 9.76. The molecule has 0 heterocycles. The highest BCUT2D eigenvalue weighted by atomic mass is 19.1. The van der Waals surface area contributed by atoms with Crippen LogP contribution in [0.5, 0.6) is 0 Å². The fraction of sp³-hybridized carbons (Fsp3) is 0.588. The maximum atomic E-state index is 14.0. The fourth-order valence-corrected chi connectivity index (χ4v) is 3.27. The summed E-state index contributed by atoms with van der Waals surface area (Å²) in [7, 11) is 0. The number of aryl methyl sites for hydroxylation is 1. The van der Waals surface area contributed by atoms with Crippen LogP contribution in [-0.4, -0.2) is 12.6 Å². The number of carbonyl (C=O) groups is 1. The summed E-state index contributed by atoms with van der Waals surface area (Å²) < 4.78 is 19.0. The Morgan fingerprint density at radius 1 is 1.30 bits per heavy atom. The van der Waals surface area contributed by atoms with Crippen LogP contribution < -0.4 is 0 Å². The SMILES string of the molecule is CCOC(=O)CC1CCC(c2c(C)cccc2F)CC1. The molecule has 2 rings (SSSR count). The van der Waals surface area contributed by atoms with Crippen LogP contribution in [0.2, 0.25) is 0 Å². The van der Waals surface area contributed by atoms with E-state index in [0.717, 1.165) is 36.8 Å². The first-order chi connectivity index (χ1) is 9.61. The number of esters is 1. The van der Waals surface area contributed by atoms with Gasteiger partial charge in [0.2, 0.25) is 0 Å². The van der Waals surface area contributed by atoms with Crippen molar-refractivity contribution in [2.45, 2.75) is 51.9 Å². The predicted molar refractivity (Wildman–Crippen MR) is 77.1 cm³/mol. The summed E-state index contributed by atoms with van der Waals surface area (Å²) >= 11 is 0. The molecule has 1 saturated carbocycles. The van der Waals surface area contributed by atoms with E-state index in [1.807, 2.05) is 19.9 Å². The van der Waals surface area contributed by atoms with Crippen LogP contribution in [0.15, 0.2) is 18.2 Å². The summed E-state index contributed by atoms with van der Waals surface area (Å²) in [6, 6.07) is 5.29. The van der Waals surface area contributed by atoms with Crippen molar-refractivity contribution >= 4 is 5.97 Å². The van der Waals surface area contributed by atoms with E-state index in [0.29, 0.717) is 24.9 Å². The Hall–Kier alpha value is -1.38. The second-order valence-electron chi connectivity index (χ2n) is 5.70. The van der Waals surface area contributed by atoms with Crippen LogP contribution >= 0.6 is 0 Å². The molecule has 0 bridgehead atoms. The Bertz CT molecular complexity index is 442. The Morgan fingerprint density at radius 2 is 2.00 bits per heavy atom. The first-order valence-corrected chi connectivity index (χ1v) is 7.52. The molecule has 1 fully saturated rings. The van der Waals surface area contributed by atoms with Gasteiger partial charge in [-0.2, -0.15) is 0 Å². The molecular formula is C17H23FO2. The van der Waals surface area contributed by atoms with Crippen molar-refractivity contribution in [3.8, 4) is 0 Å². The molecule has 20 heavy (non-hydrogen) atoms. The number of ether oxygens (including phenoxy) is 1. The molecule has 0 spiro atoms. The van der Waals surface area contributed by atoms with Gasteiger partial charge in [-0.15, -0.1) is 0 Å². The van der Waals surface area contributed by atoms with E-state index >= 15 is 0 Å². The summed E-state index contributed by atoms with van der Waals surface area (Å²) in [5, 5.41) is 0. The average molecular weight is 278 g/mol. The third kappa shape index (κ3) is 3.59. The maximum Gasteiger partial charge on any atom is 0.306 e. The number of hydrogen-bond acceptors (Lipinski definition) is 2. The van der Waals surface area contributed by atoms with E-state index in [-0.39, 0.29) is 11.8 Å². The summed E-state index contributed by atoms with van der Waals surface area (Å²) in [6.45, 7) is 4.25. The van der Waals surface area contributed by atoms with Crippen LogP contribution in [0.1, 0.15) is 56.1 Å². The monoisotopic (exact) mass is 278 g/mol. The second-order valence-corrected chi connectivity index (χ2v) is 5.70. The normalized spacial score (nSPS) is 22.6. The van der Waals surface area contributed by atoms with Gasteiger partial charge in [0.15, 0.2) is 0 Å². The summed E-state index contributed by atoms with van der Waals surface area (Å²) in [5.41, 5.74) is 1.92. The van der Waals surface area contributed by atoms with E-state index in [9.17, 15) is 9.18 Å². The predicted octanol–water partition coefficient (Wildman–Crippen LogP) is 4.36. The van der Waals surface area contributed by atoms with Crippen molar-refractivity contribution in [2.24, 2.45) is 5.92 Å². The Labute approximate surface area is 120 Å². The first kappa shape index (κ1) is 15.0. The lowest BCUT2D eigenvalue weighted by molar-refractivity contribution is -0.144. The van der Waals surface area contributed by atoms with Crippen molar-refractivity contribution in [1.29, 1.82) is 0 Å². The van der Waals surface area contributed by atoms with E-state index in [1.54, 1.807) is 12.1 Å². The molecule has 1 aliphatic rings. The van der Waals surface area contributed by atoms with Gasteiger partial charge in [0.25, 0.3) is 0 Å². The van der Waals surface area contributed by atoms with Gasteiger partial charge >= 0.3 is 5.97 Å². The second kappa shape index (κ2) is 6.87. The number of halogens is 1. The third-order valence-electron chi connectivity index (χ3n) is 4.29. The van der Waals surface area contributed by atoms with E-state index < -0.39 is 0 Å². The molecule has 1 aromatic carbocycles. The molecule has 3 heteroatoms. The maximum absolute atomic E-state index is 14.0. The Balaban J connectivity index is 1.93. The van der Waals surface area contributed by atoms with Crippen LogP contribution in [0, 0.1) is 18.7 Å². The van der Waals surface area contributed by atoms with Gasteiger partial charge in [0.1, 0.15) is 5.82 Å². The largest absolute Gasteiger partial charge is 0.466 e. The van der Waals surface area contributed by atoms with Gasteiger partial charge < -0.3 is 4.74 Å². The minimum absolute atomic E-state index is 0.0844. The number of rotatable bonds is 4. The summed E-state index contributed by atoms with van der Waals surface area (Å²) in [5.74, 6) is 0.517. The van der Waals surface area contributed by atoms with Gasteiger partial charge in [-0.05, 0) is 68.6 Å². The van der Waals surface area contributed by atoms with E-state index in [4.69, 9.17) is 4.74 Å². The lowest BCUT2D eigenvalue weighted by Gasteiger charge is -2.29. The number of carbonyl (C=O) groups excluding carboxylic acids is 1. The van der Waals surface area contributed by atoms with E-state index in [1.165, 1.54) is 0 Å². The molecule has 110 valence electrons. The summed E-state index contributed by atoms with van der Waals surface area (Å²) in [4.78, 5) is 11.5. The number of benzene rings is 1. The van der Waals surface area contributed by atoms with Crippen molar-refractivity contribution in [2.75, 3.05) is 6.61 Å². The molecule has 0 aromatic heterocycles. The molecule has 0 atom stereocenters. The molecule has 1 aliphatic carbocycles. The molecule has 0 N–H and O–H groups in total. The van der Waals surface area contributed by atoms with Crippen LogP contribution in [0.25, 0.3) is 0 Å². The van der Waals surface area contributed by atoms with Gasteiger partial charge in [-0.1, -0.05) is 12.1 Å². The topological polar surface area (TPSA) is 26.3 Å². The summed E-state index contributed by atoms with van der Waals surface area (Å²) in [6.07, 6.45) is 4.41. The highest BCUT2D eigenvalue weighted by Gasteiger charge is 2.26. The lowest BCUT2D eigenvalue weighted by Crippen LogP contribution is -2.19. The standard InChI is InChI=1S/C17H23FO2/c1-3-20-16(19)11-13-7-9-14(10-8-13)17-12(2)5-4-6-15(17)18/h4-6,13-14H,3,7-11H2,1-2H3. The van der Waals surface area contributed by atoms with Crippen LogP contribution in [0.4, 0.5) is 4.39 Å². The fourth-order valence-electron chi connectivity index (χ4n) is 3.27. The molecule has 0 unspecified atom stereocenters. The molecule has 1 aromatic rings. The average Bonchev–Trinajstić information content (AvgIpc) is 2.40. The van der Waals surface area contributed by atoms with Gasteiger partial charge in [0, 0.05) is 6.42 Å². The van der Waals surface area contributed by atoms with Gasteiger partial charge in [-0.3, -0.25) is 4.79 Å². The molecular weight excluding hydrogens is 255 g/mol. The first-order valence-electron chi connectivity index (χ1n) is 7.52. The zero-order valence-electron chi connectivity index (χ0n) is 12.3. The van der Waals surface area contributed by atoms with Gasteiger partial charge in [0.05, 0.1) is 6.61 Å². The van der Waals surface area contributed by atoms with Crippen LogP contribution in [0.3, 0.4) is 0 Å². The number of hydrogen-bond donors (Lipinski definition) is 0. The van der Waals surface area contributed by atoms with E-state index in [2.05, 4.69) is 0 Å². The zero-order valence-corrected chi connectivity index (χ0v) is 12.3. The molecule has 0 saturated heterocycles. The van der Waals surface area contributed by atoms with Crippen molar-refractivity contribution in [3.63, 3.8) is 0 Å². The van der Waals surface area contributed by atoms with Crippen molar-refractivity contribution in [1.82, 2.24) is 0 Å². The molecule has 0 amide bonds. The highest BCUT2D eigenvalue weighted by molar-refractivity contribution is 5.69. The van der Waals surface area contributed by atoms with Crippen molar-refractivity contribution in [3.05, 3.63) is 35.1 Å². The third-order valence-corrected chi connectivity index (χ3v) is 4.29. The zero-order chi connectivity index (χ0) is 14.5. The molecule has 0 radical (unpaired) electrons. The van der Waals surface area contributed by atoms with Gasteiger partial charge in [-0.25, -0.2) is 4.39 Å². The molecule has 2 nitrogen and oxygen atoms in total.